The summed E-state index contributed by atoms with van der Waals surface area (Å²) < 4.78 is 32.6. The van der Waals surface area contributed by atoms with Gasteiger partial charge in [0.1, 0.15) is 10.6 Å². The average molecular weight is 630 g/mol. The number of carbonyl (C=O) groups excluding carboxylic acids is 2. The van der Waals surface area contributed by atoms with Crippen LogP contribution < -0.4 is 4.18 Å². The number of hydrogen-bond acceptors (Lipinski definition) is 6. The molecule has 0 unspecified atom stereocenters. The van der Waals surface area contributed by atoms with Crippen LogP contribution >= 0.6 is 11.6 Å². The summed E-state index contributed by atoms with van der Waals surface area (Å²) >= 11 is 6.56. The Labute approximate surface area is 264 Å². The molecule has 1 heterocycles. The Balaban J connectivity index is 1.59. The number of carbonyl (C=O) groups is 2. The van der Waals surface area contributed by atoms with Crippen LogP contribution in [0.3, 0.4) is 0 Å². The van der Waals surface area contributed by atoms with Gasteiger partial charge in [0, 0.05) is 58.4 Å². The maximum atomic E-state index is 14.2. The standard InChI is InChI=1S/C36H36ClNO5S/c1-35(2)18-27-33(29(39)20-35)32(26-17-24(37)15-16-31(26)43-44(41,42)25-13-9-6-10-14-25)34-28(19-36(3,4)21-30(34)40)38(27)22-23-11-7-5-8-12-23/h5-17,32H,18-22H2,1-4H3. The zero-order valence-corrected chi connectivity index (χ0v) is 27.0. The Hall–Kier alpha value is -3.68. The second-order valence-corrected chi connectivity index (χ2v) is 15.6. The average Bonchev–Trinajstić information content (AvgIpc) is 2.94. The highest BCUT2D eigenvalue weighted by Gasteiger charge is 2.49. The van der Waals surface area contributed by atoms with Gasteiger partial charge in [0.15, 0.2) is 11.6 Å². The molecule has 6 rings (SSSR count). The van der Waals surface area contributed by atoms with Gasteiger partial charge in [-0.2, -0.15) is 8.42 Å². The lowest BCUT2D eigenvalue weighted by Crippen LogP contribution is -2.44. The van der Waals surface area contributed by atoms with Crippen molar-refractivity contribution < 1.29 is 22.2 Å². The molecule has 0 radical (unpaired) electrons. The molecule has 0 aromatic heterocycles. The summed E-state index contributed by atoms with van der Waals surface area (Å²) in [5, 5.41) is 0.354. The molecule has 44 heavy (non-hydrogen) atoms. The first kappa shape index (κ1) is 30.4. The predicted molar refractivity (Wildman–Crippen MR) is 171 cm³/mol. The van der Waals surface area contributed by atoms with E-state index in [1.165, 1.54) is 18.2 Å². The van der Waals surface area contributed by atoms with E-state index in [1.807, 2.05) is 18.2 Å². The largest absolute Gasteiger partial charge is 0.379 e. The number of halogens is 1. The van der Waals surface area contributed by atoms with Gasteiger partial charge in [-0.3, -0.25) is 9.59 Å². The third kappa shape index (κ3) is 5.75. The highest BCUT2D eigenvalue weighted by Crippen LogP contribution is 2.56. The van der Waals surface area contributed by atoms with Crippen LogP contribution in [0.2, 0.25) is 5.02 Å². The Morgan fingerprint density at radius 2 is 1.30 bits per heavy atom. The van der Waals surface area contributed by atoms with Crippen molar-refractivity contribution in [3.05, 3.63) is 118 Å². The lowest BCUT2D eigenvalue weighted by molar-refractivity contribution is -0.119. The Bertz CT molecular complexity index is 1770. The molecule has 0 amide bonds. The molecule has 0 spiro atoms. The quantitative estimate of drug-likeness (QED) is 0.257. The van der Waals surface area contributed by atoms with Crippen LogP contribution in [0.5, 0.6) is 5.75 Å². The number of hydrogen-bond donors (Lipinski definition) is 0. The summed E-state index contributed by atoms with van der Waals surface area (Å²) in [5.74, 6) is -0.867. The molecule has 0 bridgehead atoms. The third-order valence-electron chi connectivity index (χ3n) is 8.72. The van der Waals surface area contributed by atoms with Crippen molar-refractivity contribution in [1.29, 1.82) is 0 Å². The van der Waals surface area contributed by atoms with Crippen molar-refractivity contribution >= 4 is 33.3 Å². The van der Waals surface area contributed by atoms with Crippen molar-refractivity contribution in [2.75, 3.05) is 0 Å². The summed E-state index contributed by atoms with van der Waals surface area (Å²) in [6, 6.07) is 22.7. The molecule has 6 nitrogen and oxygen atoms in total. The van der Waals surface area contributed by atoms with Crippen LogP contribution in [0, 0.1) is 10.8 Å². The van der Waals surface area contributed by atoms with Crippen LogP contribution in [0.1, 0.15) is 70.4 Å². The predicted octanol–water partition coefficient (Wildman–Crippen LogP) is 7.99. The zero-order chi connectivity index (χ0) is 31.4. The fourth-order valence-corrected chi connectivity index (χ4v) is 8.05. The summed E-state index contributed by atoms with van der Waals surface area (Å²) in [7, 11) is -4.22. The molecule has 228 valence electrons. The van der Waals surface area contributed by atoms with E-state index >= 15 is 0 Å². The molecule has 1 aliphatic heterocycles. The van der Waals surface area contributed by atoms with Gasteiger partial charge >= 0.3 is 10.1 Å². The summed E-state index contributed by atoms with van der Waals surface area (Å²) in [6.45, 7) is 8.86. The number of Topliss-reactive ketones (excluding diaryl/α,β-unsaturated/α-hetero) is 2. The molecule has 8 heteroatoms. The number of allylic oxidation sites excluding steroid dienone is 4. The SMILES string of the molecule is CC1(C)CC(=O)C2=C(C1)N(Cc1ccccc1)C1=C(C(=O)CC(C)(C)C1)C2c1cc(Cl)ccc1OS(=O)(=O)c1ccccc1. The van der Waals surface area contributed by atoms with E-state index in [0.29, 0.717) is 54.0 Å². The molecular weight excluding hydrogens is 594 g/mol. The molecule has 3 aliphatic rings. The molecule has 3 aromatic rings. The monoisotopic (exact) mass is 629 g/mol. The van der Waals surface area contributed by atoms with E-state index in [4.69, 9.17) is 15.8 Å². The summed E-state index contributed by atoms with van der Waals surface area (Å²) in [5.41, 5.74) is 3.67. The first-order chi connectivity index (χ1) is 20.7. The third-order valence-corrected chi connectivity index (χ3v) is 10.2. The molecule has 0 saturated heterocycles. The van der Waals surface area contributed by atoms with Crippen molar-refractivity contribution in [2.24, 2.45) is 10.8 Å². The lowest BCUT2D eigenvalue weighted by atomic mass is 9.63. The first-order valence-corrected chi connectivity index (χ1v) is 16.7. The van der Waals surface area contributed by atoms with Gasteiger partial charge in [0.2, 0.25) is 0 Å². The van der Waals surface area contributed by atoms with Gasteiger partial charge in [-0.05, 0) is 59.6 Å². The van der Waals surface area contributed by atoms with Crippen molar-refractivity contribution in [1.82, 2.24) is 4.90 Å². The van der Waals surface area contributed by atoms with E-state index in [1.54, 1.807) is 30.3 Å². The Morgan fingerprint density at radius 3 is 1.84 bits per heavy atom. The Morgan fingerprint density at radius 1 is 0.773 bits per heavy atom. The fourth-order valence-electron chi connectivity index (χ4n) is 6.89. The number of rotatable bonds is 6. The second-order valence-electron chi connectivity index (χ2n) is 13.6. The molecule has 0 N–H and O–H groups in total. The van der Waals surface area contributed by atoms with E-state index < -0.39 is 16.0 Å². The first-order valence-electron chi connectivity index (χ1n) is 14.9. The number of ketones is 2. The van der Waals surface area contributed by atoms with Gasteiger partial charge in [0.05, 0.1) is 0 Å². The molecule has 0 saturated carbocycles. The number of benzene rings is 3. The second kappa shape index (κ2) is 11.0. The molecular formula is C36H36ClNO5S. The van der Waals surface area contributed by atoms with Gasteiger partial charge in [0.25, 0.3) is 0 Å². The van der Waals surface area contributed by atoms with Crippen LogP contribution in [-0.4, -0.2) is 24.9 Å². The minimum absolute atomic E-state index is 0.00405. The van der Waals surface area contributed by atoms with E-state index in [-0.39, 0.29) is 33.0 Å². The highest BCUT2D eigenvalue weighted by atomic mass is 35.5. The minimum atomic E-state index is -4.22. The van der Waals surface area contributed by atoms with Crippen molar-refractivity contribution in [3.63, 3.8) is 0 Å². The topological polar surface area (TPSA) is 80.8 Å². The molecule has 3 aromatic carbocycles. The van der Waals surface area contributed by atoms with Gasteiger partial charge < -0.3 is 9.08 Å². The van der Waals surface area contributed by atoms with E-state index in [9.17, 15) is 18.0 Å². The summed E-state index contributed by atoms with van der Waals surface area (Å²) in [4.78, 5) is 30.7. The van der Waals surface area contributed by atoms with E-state index in [2.05, 4.69) is 44.7 Å². The van der Waals surface area contributed by atoms with Gasteiger partial charge in [-0.25, -0.2) is 0 Å². The van der Waals surface area contributed by atoms with Crippen LogP contribution in [0.25, 0.3) is 0 Å². The zero-order valence-electron chi connectivity index (χ0n) is 25.4. The fraction of sp³-hybridized carbons (Fsp3) is 0.333. The maximum absolute atomic E-state index is 14.2. The van der Waals surface area contributed by atoms with E-state index in [0.717, 1.165) is 17.0 Å². The minimum Gasteiger partial charge on any atom is -0.379 e. The normalized spacial score (nSPS) is 20.0. The maximum Gasteiger partial charge on any atom is 0.339 e. The van der Waals surface area contributed by atoms with Crippen LogP contribution in [-0.2, 0) is 26.3 Å². The molecule has 0 fully saturated rings. The van der Waals surface area contributed by atoms with Crippen LogP contribution in [0.4, 0.5) is 0 Å². The van der Waals surface area contributed by atoms with Gasteiger partial charge in [-0.15, -0.1) is 0 Å². The summed E-state index contributed by atoms with van der Waals surface area (Å²) in [6.07, 6.45) is 1.87. The van der Waals surface area contributed by atoms with Gasteiger partial charge in [-0.1, -0.05) is 87.8 Å². The van der Waals surface area contributed by atoms with Crippen LogP contribution in [0.15, 0.2) is 106 Å². The smallest absolute Gasteiger partial charge is 0.339 e. The number of nitrogens with zero attached hydrogens (tertiary/aromatic N) is 1. The Kier molecular flexibility index (Phi) is 7.61. The van der Waals surface area contributed by atoms with Crippen molar-refractivity contribution in [3.8, 4) is 5.75 Å². The molecule has 2 aliphatic carbocycles. The lowest BCUT2D eigenvalue weighted by Gasteiger charge is -2.49. The highest BCUT2D eigenvalue weighted by molar-refractivity contribution is 7.87. The van der Waals surface area contributed by atoms with Crippen molar-refractivity contribution in [2.45, 2.75) is 70.7 Å². The molecule has 0 atom stereocenters.